The van der Waals surface area contributed by atoms with E-state index in [0.29, 0.717) is 0 Å². The van der Waals surface area contributed by atoms with Crippen LogP contribution in [0.5, 0.6) is 0 Å². The maximum absolute atomic E-state index is 2.24. The van der Waals surface area contributed by atoms with Crippen molar-refractivity contribution in [2.45, 2.75) is 27.7 Å². The molecule has 0 bridgehead atoms. The first kappa shape index (κ1) is 10.9. The Morgan fingerprint density at radius 1 is 0.562 bits per heavy atom. The van der Waals surface area contributed by atoms with E-state index in [2.05, 4.69) is 64.1 Å². The van der Waals surface area contributed by atoms with E-state index in [4.69, 9.17) is 0 Å². The highest BCUT2D eigenvalue weighted by Gasteiger charge is 2.04. The van der Waals surface area contributed by atoms with E-state index in [-0.39, 0.29) is 0 Å². The van der Waals surface area contributed by atoms with Gasteiger partial charge in [-0.2, -0.15) is 0 Å². The lowest BCUT2D eigenvalue weighted by Gasteiger charge is -2.10. The van der Waals surface area contributed by atoms with Gasteiger partial charge >= 0.3 is 0 Å². The fraction of sp³-hybridized carbons (Fsp3) is 0.250. The number of hydrogen-bond donors (Lipinski definition) is 0. The number of hydrogen-bond acceptors (Lipinski definition) is 0. The highest BCUT2D eigenvalue weighted by Crippen LogP contribution is 2.27. The summed E-state index contributed by atoms with van der Waals surface area (Å²) in [6.07, 6.45) is 0. The van der Waals surface area contributed by atoms with Crippen molar-refractivity contribution in [3.05, 3.63) is 58.7 Å². The first-order chi connectivity index (χ1) is 7.58. The molecule has 0 N–H and O–H groups in total. The Kier molecular flexibility index (Phi) is 2.82. The van der Waals surface area contributed by atoms with E-state index in [1.54, 1.807) is 0 Å². The minimum absolute atomic E-state index is 1.33. The van der Waals surface area contributed by atoms with Crippen molar-refractivity contribution in [1.82, 2.24) is 0 Å². The molecule has 0 heteroatoms. The van der Waals surface area contributed by atoms with Crippen LogP contribution < -0.4 is 0 Å². The lowest BCUT2D eigenvalue weighted by Crippen LogP contribution is -1.88. The second kappa shape index (κ2) is 4.13. The van der Waals surface area contributed by atoms with Crippen molar-refractivity contribution >= 4 is 0 Å². The van der Waals surface area contributed by atoms with Crippen LogP contribution in [0.15, 0.2) is 36.4 Å². The Hall–Kier alpha value is -1.56. The molecule has 0 fully saturated rings. The Labute approximate surface area is 97.9 Å². The summed E-state index contributed by atoms with van der Waals surface area (Å²) < 4.78 is 0. The summed E-state index contributed by atoms with van der Waals surface area (Å²) >= 11 is 0. The normalized spacial score (nSPS) is 10.5. The van der Waals surface area contributed by atoms with Gasteiger partial charge < -0.3 is 0 Å². The van der Waals surface area contributed by atoms with E-state index in [1.807, 2.05) is 0 Å². The molecule has 16 heavy (non-hydrogen) atoms. The molecule has 0 unspecified atom stereocenters. The first-order valence-electron chi connectivity index (χ1n) is 5.73. The second-order valence-corrected chi connectivity index (χ2v) is 4.64. The summed E-state index contributed by atoms with van der Waals surface area (Å²) in [5.74, 6) is 0. The van der Waals surface area contributed by atoms with Crippen LogP contribution in [0.25, 0.3) is 11.1 Å². The zero-order valence-corrected chi connectivity index (χ0v) is 10.5. The van der Waals surface area contributed by atoms with Crippen LogP contribution in [0.1, 0.15) is 22.3 Å². The maximum Gasteiger partial charge on any atom is -0.0152 e. The minimum Gasteiger partial charge on any atom is -0.0587 e. The molecule has 0 atom stereocenters. The van der Waals surface area contributed by atoms with Gasteiger partial charge in [-0.1, -0.05) is 47.5 Å². The van der Waals surface area contributed by atoms with Crippen LogP contribution in [0.3, 0.4) is 0 Å². The van der Waals surface area contributed by atoms with Crippen molar-refractivity contribution in [2.24, 2.45) is 0 Å². The smallest absolute Gasteiger partial charge is 0.0152 e. The maximum atomic E-state index is 2.24. The average Bonchev–Trinajstić information content (AvgIpc) is 2.19. The van der Waals surface area contributed by atoms with Crippen LogP contribution in [0.2, 0.25) is 0 Å². The lowest BCUT2D eigenvalue weighted by molar-refractivity contribution is 1.34. The highest BCUT2D eigenvalue weighted by atomic mass is 14.1. The van der Waals surface area contributed by atoms with Gasteiger partial charge in [0, 0.05) is 0 Å². The predicted octanol–water partition coefficient (Wildman–Crippen LogP) is 4.59. The Balaban J connectivity index is 2.59. The average molecular weight is 210 g/mol. The van der Waals surface area contributed by atoms with Crippen LogP contribution in [0, 0.1) is 27.7 Å². The Bertz CT molecular complexity index is 472. The van der Waals surface area contributed by atoms with Gasteiger partial charge in [0.2, 0.25) is 0 Å². The molecule has 0 saturated carbocycles. The lowest BCUT2D eigenvalue weighted by atomic mass is 9.94. The molecule has 0 heterocycles. The third kappa shape index (κ3) is 2.01. The zero-order chi connectivity index (χ0) is 11.7. The Morgan fingerprint density at radius 3 is 1.25 bits per heavy atom. The summed E-state index contributed by atoms with van der Waals surface area (Å²) in [4.78, 5) is 0. The van der Waals surface area contributed by atoms with Crippen LogP contribution in [-0.2, 0) is 0 Å². The van der Waals surface area contributed by atoms with Crippen molar-refractivity contribution in [3.63, 3.8) is 0 Å². The number of aryl methyl sites for hydroxylation is 4. The van der Waals surface area contributed by atoms with Crippen LogP contribution in [-0.4, -0.2) is 0 Å². The van der Waals surface area contributed by atoms with Gasteiger partial charge in [0.25, 0.3) is 0 Å². The van der Waals surface area contributed by atoms with Crippen molar-refractivity contribution < 1.29 is 0 Å². The molecule has 0 aliphatic heterocycles. The molecule has 2 aromatic rings. The van der Waals surface area contributed by atoms with E-state index in [0.717, 1.165) is 0 Å². The molecule has 0 radical (unpaired) electrons. The molecule has 0 aromatic heterocycles. The van der Waals surface area contributed by atoms with Crippen molar-refractivity contribution in [1.29, 1.82) is 0 Å². The quantitative estimate of drug-likeness (QED) is 0.646. The summed E-state index contributed by atoms with van der Waals surface area (Å²) in [6.45, 7) is 8.64. The summed E-state index contributed by atoms with van der Waals surface area (Å²) in [5.41, 5.74) is 8.06. The molecule has 0 saturated heterocycles. The van der Waals surface area contributed by atoms with Gasteiger partial charge in [-0.25, -0.2) is 0 Å². The fourth-order valence-electron chi connectivity index (χ4n) is 2.23. The van der Waals surface area contributed by atoms with E-state index < -0.39 is 0 Å². The molecule has 2 aromatic carbocycles. The van der Waals surface area contributed by atoms with Gasteiger partial charge in [-0.3, -0.25) is 0 Å². The second-order valence-electron chi connectivity index (χ2n) is 4.64. The fourth-order valence-corrected chi connectivity index (χ4v) is 2.23. The van der Waals surface area contributed by atoms with E-state index in [9.17, 15) is 0 Å². The first-order valence-corrected chi connectivity index (χ1v) is 5.73. The van der Waals surface area contributed by atoms with Gasteiger partial charge in [0.15, 0.2) is 0 Å². The monoisotopic (exact) mass is 210 g/mol. The van der Waals surface area contributed by atoms with Gasteiger partial charge in [-0.05, 0) is 49.9 Å². The summed E-state index contributed by atoms with van der Waals surface area (Å²) in [6, 6.07) is 13.3. The largest absolute Gasteiger partial charge is 0.0587 e. The molecule has 0 amide bonds. The standard InChI is InChI=1S/C16H18/c1-11-5-7-15(13(3)9-11)16-8-6-12(2)10-14(16)4/h5-10H,1-4H3. The molecule has 2 rings (SSSR count). The van der Waals surface area contributed by atoms with Gasteiger partial charge in [0.1, 0.15) is 0 Å². The summed E-state index contributed by atoms with van der Waals surface area (Å²) in [7, 11) is 0. The molecule has 0 aliphatic rings. The number of rotatable bonds is 1. The molecule has 0 aliphatic carbocycles. The molecule has 0 nitrogen and oxygen atoms in total. The third-order valence-corrected chi connectivity index (χ3v) is 3.05. The van der Waals surface area contributed by atoms with Crippen molar-refractivity contribution in [2.75, 3.05) is 0 Å². The SMILES string of the molecule is Cc1ccc(-c2ccc(C)cc2C)c(C)c1. The van der Waals surface area contributed by atoms with Gasteiger partial charge in [-0.15, -0.1) is 0 Å². The van der Waals surface area contributed by atoms with Crippen LogP contribution in [0.4, 0.5) is 0 Å². The van der Waals surface area contributed by atoms with E-state index >= 15 is 0 Å². The highest BCUT2D eigenvalue weighted by molar-refractivity contribution is 5.71. The molecule has 0 spiro atoms. The topological polar surface area (TPSA) is 0 Å². The Morgan fingerprint density at radius 2 is 0.938 bits per heavy atom. The molecular formula is C16H18. The molecule has 82 valence electrons. The minimum atomic E-state index is 1.33. The van der Waals surface area contributed by atoms with E-state index in [1.165, 1.54) is 33.4 Å². The van der Waals surface area contributed by atoms with Crippen molar-refractivity contribution in [3.8, 4) is 11.1 Å². The van der Waals surface area contributed by atoms with Gasteiger partial charge in [0.05, 0.1) is 0 Å². The molecular weight excluding hydrogens is 192 g/mol. The number of benzene rings is 2. The predicted molar refractivity (Wildman–Crippen MR) is 70.8 cm³/mol. The summed E-state index contributed by atoms with van der Waals surface area (Å²) in [5, 5.41) is 0. The zero-order valence-electron chi connectivity index (χ0n) is 10.5. The van der Waals surface area contributed by atoms with Crippen LogP contribution >= 0.6 is 0 Å². The third-order valence-electron chi connectivity index (χ3n) is 3.05.